The van der Waals surface area contributed by atoms with Gasteiger partial charge in [0, 0.05) is 17.1 Å². The second kappa shape index (κ2) is 7.38. The summed E-state index contributed by atoms with van der Waals surface area (Å²) in [6, 6.07) is 8.52. The van der Waals surface area contributed by atoms with Crippen molar-refractivity contribution in [1.29, 1.82) is 0 Å². The molecule has 10 heteroatoms. The van der Waals surface area contributed by atoms with Crippen molar-refractivity contribution in [3.05, 3.63) is 64.1 Å². The van der Waals surface area contributed by atoms with Crippen LogP contribution in [-0.4, -0.2) is 25.4 Å². The fourth-order valence-corrected chi connectivity index (χ4v) is 4.64. The van der Waals surface area contributed by atoms with Crippen LogP contribution >= 0.6 is 15.9 Å². The van der Waals surface area contributed by atoms with Gasteiger partial charge in [0.2, 0.25) is 10.0 Å². The molecule has 0 aliphatic heterocycles. The van der Waals surface area contributed by atoms with Crippen LogP contribution in [0, 0.1) is 11.6 Å². The van der Waals surface area contributed by atoms with E-state index in [2.05, 4.69) is 15.9 Å². The molecule has 0 bridgehead atoms. The van der Waals surface area contributed by atoms with E-state index < -0.39 is 50.3 Å². The Morgan fingerprint density at radius 1 is 1.04 bits per heavy atom. The molecular formula is C15H11BrF5NO2S. The minimum atomic E-state index is -4.89. The highest BCUT2D eigenvalue weighted by Gasteiger charge is 2.39. The SMILES string of the molecule is O=S(=O)(c1c(F)cc(F)cc1Br)N(Cc1ccccc1)CC(F)(F)F. The molecule has 0 aliphatic carbocycles. The van der Waals surface area contributed by atoms with E-state index in [1.54, 1.807) is 6.07 Å². The van der Waals surface area contributed by atoms with Crippen LogP contribution in [0.4, 0.5) is 22.0 Å². The van der Waals surface area contributed by atoms with Crippen molar-refractivity contribution in [1.82, 2.24) is 4.31 Å². The van der Waals surface area contributed by atoms with E-state index in [1.165, 1.54) is 24.3 Å². The first kappa shape index (κ1) is 19.8. The second-order valence-corrected chi connectivity index (χ2v) is 7.80. The van der Waals surface area contributed by atoms with Gasteiger partial charge in [0.05, 0.1) is 0 Å². The average molecular weight is 444 g/mol. The van der Waals surface area contributed by atoms with E-state index in [-0.39, 0.29) is 9.87 Å². The summed E-state index contributed by atoms with van der Waals surface area (Å²) >= 11 is 2.70. The average Bonchev–Trinajstić information content (AvgIpc) is 2.44. The van der Waals surface area contributed by atoms with Crippen LogP contribution in [0.1, 0.15) is 5.56 Å². The molecule has 0 spiro atoms. The lowest BCUT2D eigenvalue weighted by Gasteiger charge is -2.24. The normalized spacial score (nSPS) is 12.6. The van der Waals surface area contributed by atoms with E-state index >= 15 is 0 Å². The minimum absolute atomic E-state index is 0.101. The Bertz CT molecular complexity index is 833. The van der Waals surface area contributed by atoms with Crippen LogP contribution in [0.5, 0.6) is 0 Å². The molecule has 0 atom stereocenters. The van der Waals surface area contributed by atoms with Crippen LogP contribution < -0.4 is 0 Å². The van der Waals surface area contributed by atoms with Crippen molar-refractivity contribution in [2.75, 3.05) is 6.54 Å². The van der Waals surface area contributed by atoms with Crippen molar-refractivity contribution in [2.45, 2.75) is 17.6 Å². The van der Waals surface area contributed by atoms with Gasteiger partial charge in [-0.25, -0.2) is 17.2 Å². The second-order valence-electron chi connectivity index (χ2n) is 5.07. The van der Waals surface area contributed by atoms with Gasteiger partial charge in [0.1, 0.15) is 23.1 Å². The summed E-state index contributed by atoms with van der Waals surface area (Å²) in [5, 5.41) is 0. The third-order valence-electron chi connectivity index (χ3n) is 3.12. The number of hydrogen-bond acceptors (Lipinski definition) is 2. The molecule has 2 aromatic rings. The molecule has 0 aliphatic rings. The van der Waals surface area contributed by atoms with Crippen molar-refractivity contribution in [3.63, 3.8) is 0 Å². The number of nitrogens with zero attached hydrogens (tertiary/aromatic N) is 1. The van der Waals surface area contributed by atoms with Gasteiger partial charge in [0.15, 0.2) is 0 Å². The molecule has 0 unspecified atom stereocenters. The third kappa shape index (κ3) is 4.99. The van der Waals surface area contributed by atoms with Crippen LogP contribution in [0.3, 0.4) is 0 Å². The smallest absolute Gasteiger partial charge is 0.207 e. The maximum atomic E-state index is 14.0. The monoisotopic (exact) mass is 443 g/mol. The van der Waals surface area contributed by atoms with Crippen molar-refractivity contribution >= 4 is 26.0 Å². The number of halogens is 6. The summed E-state index contributed by atoms with van der Waals surface area (Å²) in [4.78, 5) is -1.05. The van der Waals surface area contributed by atoms with Gasteiger partial charge in [-0.2, -0.15) is 17.5 Å². The van der Waals surface area contributed by atoms with E-state index in [0.29, 0.717) is 12.1 Å². The van der Waals surface area contributed by atoms with E-state index in [0.717, 1.165) is 0 Å². The predicted molar refractivity (Wildman–Crippen MR) is 84.2 cm³/mol. The molecule has 0 saturated carbocycles. The number of sulfonamides is 1. The Labute approximate surface area is 149 Å². The van der Waals surface area contributed by atoms with Crippen molar-refractivity contribution < 1.29 is 30.4 Å². The number of rotatable bonds is 5. The molecule has 0 saturated heterocycles. The Morgan fingerprint density at radius 2 is 1.64 bits per heavy atom. The van der Waals surface area contributed by atoms with Gasteiger partial charge in [-0.1, -0.05) is 30.3 Å². The maximum absolute atomic E-state index is 14.0. The summed E-state index contributed by atoms with van der Waals surface area (Å²) in [6.45, 7) is -2.43. The van der Waals surface area contributed by atoms with Crippen LogP contribution in [0.25, 0.3) is 0 Å². The molecule has 0 amide bonds. The van der Waals surface area contributed by atoms with Crippen molar-refractivity contribution in [3.8, 4) is 0 Å². The molecule has 0 heterocycles. The lowest BCUT2D eigenvalue weighted by Crippen LogP contribution is -2.39. The zero-order valence-corrected chi connectivity index (χ0v) is 14.8. The van der Waals surface area contributed by atoms with Crippen LogP contribution in [0.2, 0.25) is 0 Å². The Hall–Kier alpha value is -1.52. The summed E-state index contributed by atoms with van der Waals surface area (Å²) in [6.07, 6.45) is -4.84. The summed E-state index contributed by atoms with van der Waals surface area (Å²) in [5.41, 5.74) is 0.286. The quantitative estimate of drug-likeness (QED) is 0.638. The minimum Gasteiger partial charge on any atom is -0.207 e. The number of alkyl halides is 3. The molecule has 2 aromatic carbocycles. The topological polar surface area (TPSA) is 37.4 Å². The molecule has 2 rings (SSSR count). The third-order valence-corrected chi connectivity index (χ3v) is 5.88. The fraction of sp³-hybridized carbons (Fsp3) is 0.200. The highest BCUT2D eigenvalue weighted by atomic mass is 79.9. The first-order valence-corrected chi connectivity index (χ1v) is 8.99. The van der Waals surface area contributed by atoms with Gasteiger partial charge >= 0.3 is 6.18 Å². The molecular weight excluding hydrogens is 433 g/mol. The first-order chi connectivity index (χ1) is 11.5. The molecule has 3 nitrogen and oxygen atoms in total. The zero-order chi connectivity index (χ0) is 18.8. The number of hydrogen-bond donors (Lipinski definition) is 0. The fourth-order valence-electron chi connectivity index (χ4n) is 2.12. The largest absolute Gasteiger partial charge is 0.402 e. The Morgan fingerprint density at radius 3 is 2.16 bits per heavy atom. The molecule has 0 N–H and O–H groups in total. The van der Waals surface area contributed by atoms with Gasteiger partial charge in [-0.3, -0.25) is 0 Å². The summed E-state index contributed by atoms with van der Waals surface area (Å²) in [7, 11) is -4.89. The summed E-state index contributed by atoms with van der Waals surface area (Å²) < 4.78 is 90.5. The Kier molecular flexibility index (Phi) is 5.85. The first-order valence-electron chi connectivity index (χ1n) is 6.76. The lowest BCUT2D eigenvalue weighted by molar-refractivity contribution is -0.136. The van der Waals surface area contributed by atoms with Gasteiger partial charge < -0.3 is 0 Å². The highest BCUT2D eigenvalue weighted by Crippen LogP contribution is 2.31. The van der Waals surface area contributed by atoms with Crippen LogP contribution in [0.15, 0.2) is 51.8 Å². The lowest BCUT2D eigenvalue weighted by atomic mass is 10.2. The van der Waals surface area contributed by atoms with Gasteiger partial charge in [0.25, 0.3) is 0 Å². The van der Waals surface area contributed by atoms with Gasteiger partial charge in [-0.15, -0.1) is 0 Å². The zero-order valence-electron chi connectivity index (χ0n) is 12.4. The van der Waals surface area contributed by atoms with E-state index in [4.69, 9.17) is 0 Å². The van der Waals surface area contributed by atoms with E-state index in [9.17, 15) is 30.4 Å². The molecule has 0 fully saturated rings. The van der Waals surface area contributed by atoms with Crippen LogP contribution in [-0.2, 0) is 16.6 Å². The maximum Gasteiger partial charge on any atom is 0.402 e. The molecule has 25 heavy (non-hydrogen) atoms. The number of benzene rings is 2. The molecule has 0 aromatic heterocycles. The van der Waals surface area contributed by atoms with Gasteiger partial charge in [-0.05, 0) is 27.6 Å². The molecule has 0 radical (unpaired) electrons. The molecule has 136 valence electrons. The standard InChI is InChI=1S/C15H11BrF5NO2S/c16-12-6-11(17)7-13(18)14(12)25(23,24)22(9-15(19,20)21)8-10-4-2-1-3-5-10/h1-7H,8-9H2. The van der Waals surface area contributed by atoms with Crippen molar-refractivity contribution in [2.24, 2.45) is 0 Å². The van der Waals surface area contributed by atoms with E-state index in [1.807, 2.05) is 0 Å². The predicted octanol–water partition coefficient (Wildman–Crippen LogP) is 4.48. The highest BCUT2D eigenvalue weighted by molar-refractivity contribution is 9.10. The Balaban J connectivity index is 2.52. The summed E-state index contributed by atoms with van der Waals surface area (Å²) in [5.74, 6) is -2.54.